The molecule has 0 amide bonds. The van der Waals surface area contributed by atoms with Crippen LogP contribution in [0.3, 0.4) is 0 Å². The van der Waals surface area contributed by atoms with Crippen LogP contribution in [0.5, 0.6) is 5.75 Å². The monoisotopic (exact) mass is 230 g/mol. The summed E-state index contributed by atoms with van der Waals surface area (Å²) in [7, 11) is 1.62. The van der Waals surface area contributed by atoms with Crippen molar-refractivity contribution >= 4 is 11.5 Å². The smallest absolute Gasteiger partial charge is 0.151 e. The molecule has 4 N–H and O–H groups in total. The predicted molar refractivity (Wildman–Crippen MR) is 67.6 cm³/mol. The summed E-state index contributed by atoms with van der Waals surface area (Å²) in [6, 6.07) is 7.47. The normalized spacial score (nSPS) is 10.2. The van der Waals surface area contributed by atoms with Gasteiger partial charge in [-0.25, -0.2) is 9.97 Å². The summed E-state index contributed by atoms with van der Waals surface area (Å²) in [5.41, 5.74) is 13.5. The van der Waals surface area contributed by atoms with Gasteiger partial charge in [0.15, 0.2) is 5.82 Å². The minimum atomic E-state index is 0.309. The standard InChI is InChI=1S/C12H14N4O/c1-7-15-11(10(13)12(14)16-7)8-3-5-9(17-2)6-4-8/h3-6H,13H2,1-2H3,(H2,14,15,16). The second-order valence-corrected chi connectivity index (χ2v) is 3.65. The van der Waals surface area contributed by atoms with E-state index >= 15 is 0 Å². The molecule has 1 aromatic heterocycles. The van der Waals surface area contributed by atoms with Crippen LogP contribution in [0.1, 0.15) is 5.82 Å². The summed E-state index contributed by atoms with van der Waals surface area (Å²) in [4.78, 5) is 8.31. The molecule has 0 bridgehead atoms. The molecule has 0 aliphatic carbocycles. The molecule has 0 unspecified atom stereocenters. The zero-order valence-corrected chi connectivity index (χ0v) is 9.77. The number of methoxy groups -OCH3 is 1. The lowest BCUT2D eigenvalue weighted by atomic mass is 10.1. The van der Waals surface area contributed by atoms with Gasteiger partial charge in [0, 0.05) is 5.56 Å². The number of ether oxygens (including phenoxy) is 1. The van der Waals surface area contributed by atoms with E-state index < -0.39 is 0 Å². The zero-order valence-electron chi connectivity index (χ0n) is 9.77. The van der Waals surface area contributed by atoms with Crippen LogP contribution in [0.15, 0.2) is 24.3 Å². The Morgan fingerprint density at radius 3 is 2.29 bits per heavy atom. The van der Waals surface area contributed by atoms with E-state index in [1.165, 1.54) is 0 Å². The fourth-order valence-electron chi connectivity index (χ4n) is 1.57. The molecular weight excluding hydrogens is 216 g/mol. The van der Waals surface area contributed by atoms with E-state index in [-0.39, 0.29) is 0 Å². The van der Waals surface area contributed by atoms with E-state index in [1.54, 1.807) is 14.0 Å². The summed E-state index contributed by atoms with van der Waals surface area (Å²) < 4.78 is 5.09. The van der Waals surface area contributed by atoms with E-state index in [0.29, 0.717) is 23.0 Å². The summed E-state index contributed by atoms with van der Waals surface area (Å²) in [6.07, 6.45) is 0. The van der Waals surface area contributed by atoms with E-state index in [2.05, 4.69) is 9.97 Å². The molecule has 0 spiro atoms. The van der Waals surface area contributed by atoms with Gasteiger partial charge in [0.05, 0.1) is 12.8 Å². The molecule has 2 aromatic rings. The molecule has 0 saturated heterocycles. The van der Waals surface area contributed by atoms with Gasteiger partial charge >= 0.3 is 0 Å². The summed E-state index contributed by atoms with van der Waals surface area (Å²) in [6.45, 7) is 1.78. The lowest BCUT2D eigenvalue weighted by molar-refractivity contribution is 0.415. The number of nitrogens with two attached hydrogens (primary N) is 2. The number of anilines is 2. The number of hydrogen-bond acceptors (Lipinski definition) is 5. The number of hydrogen-bond donors (Lipinski definition) is 2. The van der Waals surface area contributed by atoms with Crippen molar-refractivity contribution in [2.75, 3.05) is 18.6 Å². The van der Waals surface area contributed by atoms with Gasteiger partial charge in [0.25, 0.3) is 0 Å². The maximum atomic E-state index is 5.87. The van der Waals surface area contributed by atoms with Crippen LogP contribution in [-0.4, -0.2) is 17.1 Å². The van der Waals surface area contributed by atoms with Gasteiger partial charge in [-0.2, -0.15) is 0 Å². The molecule has 0 aliphatic heterocycles. The first-order chi connectivity index (χ1) is 8.11. The molecule has 5 nitrogen and oxygen atoms in total. The molecule has 1 aromatic carbocycles. The average Bonchev–Trinajstić information content (AvgIpc) is 2.34. The van der Waals surface area contributed by atoms with Gasteiger partial charge in [-0.1, -0.05) is 0 Å². The van der Waals surface area contributed by atoms with Gasteiger partial charge in [0.1, 0.15) is 17.3 Å². The minimum Gasteiger partial charge on any atom is -0.497 e. The third-order valence-electron chi connectivity index (χ3n) is 2.45. The Hall–Kier alpha value is -2.30. The van der Waals surface area contributed by atoms with E-state index in [0.717, 1.165) is 11.3 Å². The molecule has 0 fully saturated rings. The highest BCUT2D eigenvalue weighted by Gasteiger charge is 2.09. The van der Waals surface area contributed by atoms with Crippen molar-refractivity contribution in [3.63, 3.8) is 0 Å². The van der Waals surface area contributed by atoms with Crippen LogP contribution < -0.4 is 16.2 Å². The molecule has 17 heavy (non-hydrogen) atoms. The predicted octanol–water partition coefficient (Wildman–Crippen LogP) is 1.63. The zero-order chi connectivity index (χ0) is 12.4. The first kappa shape index (κ1) is 11.2. The SMILES string of the molecule is COc1ccc(-c2nc(C)nc(N)c2N)cc1. The van der Waals surface area contributed by atoms with E-state index in [1.807, 2.05) is 24.3 Å². The van der Waals surface area contributed by atoms with Crippen LogP contribution in [0.4, 0.5) is 11.5 Å². The van der Waals surface area contributed by atoms with Crippen molar-refractivity contribution in [3.05, 3.63) is 30.1 Å². The van der Waals surface area contributed by atoms with Crippen molar-refractivity contribution in [1.82, 2.24) is 9.97 Å². The first-order valence-electron chi connectivity index (χ1n) is 5.16. The number of benzene rings is 1. The highest BCUT2D eigenvalue weighted by atomic mass is 16.5. The van der Waals surface area contributed by atoms with Gasteiger partial charge in [0.2, 0.25) is 0 Å². The topological polar surface area (TPSA) is 87.0 Å². The lowest BCUT2D eigenvalue weighted by Gasteiger charge is -2.08. The minimum absolute atomic E-state index is 0.309. The highest BCUT2D eigenvalue weighted by molar-refractivity contribution is 5.79. The summed E-state index contributed by atoms with van der Waals surface area (Å²) in [5, 5.41) is 0. The lowest BCUT2D eigenvalue weighted by Crippen LogP contribution is -2.04. The first-order valence-corrected chi connectivity index (χ1v) is 5.16. The molecule has 88 valence electrons. The second-order valence-electron chi connectivity index (χ2n) is 3.65. The summed E-state index contributed by atoms with van der Waals surface area (Å²) in [5.74, 6) is 1.69. The molecule has 0 saturated carbocycles. The average molecular weight is 230 g/mol. The van der Waals surface area contributed by atoms with Gasteiger partial charge in [-0.15, -0.1) is 0 Å². The Labute approximate surface area is 99.5 Å². The highest BCUT2D eigenvalue weighted by Crippen LogP contribution is 2.28. The number of aromatic nitrogens is 2. The molecule has 0 aliphatic rings. The van der Waals surface area contributed by atoms with E-state index in [4.69, 9.17) is 16.2 Å². The fraction of sp³-hybridized carbons (Fsp3) is 0.167. The Bertz CT molecular complexity index is 537. The molecule has 0 radical (unpaired) electrons. The maximum absolute atomic E-state index is 5.87. The Morgan fingerprint density at radius 1 is 1.06 bits per heavy atom. The van der Waals surface area contributed by atoms with Crippen LogP contribution >= 0.6 is 0 Å². The molecule has 5 heteroatoms. The Kier molecular flexibility index (Phi) is 2.82. The third-order valence-corrected chi connectivity index (χ3v) is 2.45. The summed E-state index contributed by atoms with van der Waals surface area (Å²) >= 11 is 0. The van der Waals surface area contributed by atoms with E-state index in [9.17, 15) is 0 Å². The third kappa shape index (κ3) is 2.13. The molecule has 2 rings (SSSR count). The molecular formula is C12H14N4O. The quantitative estimate of drug-likeness (QED) is 0.818. The van der Waals surface area contributed by atoms with Gasteiger partial charge < -0.3 is 16.2 Å². The van der Waals surface area contributed by atoms with Crippen LogP contribution in [-0.2, 0) is 0 Å². The number of rotatable bonds is 2. The Balaban J connectivity index is 2.52. The van der Waals surface area contributed by atoms with Gasteiger partial charge in [-0.3, -0.25) is 0 Å². The van der Waals surface area contributed by atoms with Crippen molar-refractivity contribution in [3.8, 4) is 17.0 Å². The van der Waals surface area contributed by atoms with Crippen molar-refractivity contribution in [2.24, 2.45) is 0 Å². The number of nitrogen functional groups attached to an aromatic ring is 2. The molecule has 0 atom stereocenters. The van der Waals surface area contributed by atoms with Crippen LogP contribution in [0.2, 0.25) is 0 Å². The van der Waals surface area contributed by atoms with Crippen molar-refractivity contribution in [2.45, 2.75) is 6.92 Å². The maximum Gasteiger partial charge on any atom is 0.151 e. The fourth-order valence-corrected chi connectivity index (χ4v) is 1.57. The van der Waals surface area contributed by atoms with Crippen molar-refractivity contribution in [1.29, 1.82) is 0 Å². The molecule has 1 heterocycles. The number of aryl methyl sites for hydroxylation is 1. The van der Waals surface area contributed by atoms with Crippen LogP contribution in [0, 0.1) is 6.92 Å². The largest absolute Gasteiger partial charge is 0.497 e. The van der Waals surface area contributed by atoms with Gasteiger partial charge in [-0.05, 0) is 31.2 Å². The van der Waals surface area contributed by atoms with Crippen molar-refractivity contribution < 1.29 is 4.74 Å². The number of nitrogens with zero attached hydrogens (tertiary/aromatic N) is 2. The second kappa shape index (κ2) is 4.29. The Morgan fingerprint density at radius 2 is 1.71 bits per heavy atom. The van der Waals surface area contributed by atoms with Crippen LogP contribution in [0.25, 0.3) is 11.3 Å².